The number of primary amides is 1. The molecule has 0 fully saturated rings. The molecule has 2 unspecified atom stereocenters. The molecule has 98 valence electrons. The molecule has 0 aliphatic carbocycles. The van der Waals surface area contributed by atoms with E-state index in [1.165, 1.54) is 25.3 Å². The van der Waals surface area contributed by atoms with E-state index in [0.29, 0.717) is 0 Å². The molecule has 6 nitrogen and oxygen atoms in total. The number of carbonyl (C=O) groups excluding carboxylic acids is 2. The number of aliphatic hydroxyl groups is 2. The second-order valence-corrected chi connectivity index (χ2v) is 3.93. The van der Waals surface area contributed by atoms with E-state index in [9.17, 15) is 19.8 Å². The number of hydrogen-bond acceptors (Lipinski definition) is 5. The summed E-state index contributed by atoms with van der Waals surface area (Å²) in [5.74, 6) is -1.76. The first-order chi connectivity index (χ1) is 8.38. The first-order valence-electron chi connectivity index (χ1n) is 4.91. The van der Waals surface area contributed by atoms with Crippen LogP contribution in [0.15, 0.2) is 18.2 Å². The molecule has 1 aromatic rings. The lowest BCUT2D eigenvalue weighted by Crippen LogP contribution is -2.33. The number of esters is 1. The fraction of sp³-hybridized carbons (Fsp3) is 0.273. The quantitative estimate of drug-likeness (QED) is 0.669. The van der Waals surface area contributed by atoms with Gasteiger partial charge in [-0.2, -0.15) is 0 Å². The first kappa shape index (κ1) is 14.4. The summed E-state index contributed by atoms with van der Waals surface area (Å²) in [4.78, 5) is 22.1. The number of ether oxygens (including phenoxy) is 1. The topological polar surface area (TPSA) is 110 Å². The minimum atomic E-state index is -1.77. The second-order valence-electron chi connectivity index (χ2n) is 3.52. The molecule has 2 atom stereocenters. The van der Waals surface area contributed by atoms with Gasteiger partial charge in [0, 0.05) is 0 Å². The van der Waals surface area contributed by atoms with E-state index in [-0.39, 0.29) is 16.1 Å². The third-order valence-electron chi connectivity index (χ3n) is 2.33. The van der Waals surface area contributed by atoms with Crippen LogP contribution in [-0.4, -0.2) is 35.3 Å². The summed E-state index contributed by atoms with van der Waals surface area (Å²) in [7, 11) is 1.18. The fourth-order valence-electron chi connectivity index (χ4n) is 1.33. The average Bonchev–Trinajstić information content (AvgIpc) is 2.36. The number of aliphatic hydroxyl groups excluding tert-OH is 2. The molecule has 0 saturated carbocycles. The van der Waals surface area contributed by atoms with E-state index in [1.54, 1.807) is 0 Å². The summed E-state index contributed by atoms with van der Waals surface area (Å²) in [6.07, 6.45) is -3.31. The van der Waals surface area contributed by atoms with Gasteiger partial charge in [-0.05, 0) is 17.7 Å². The van der Waals surface area contributed by atoms with E-state index >= 15 is 0 Å². The van der Waals surface area contributed by atoms with Crippen molar-refractivity contribution < 1.29 is 24.5 Å². The minimum Gasteiger partial charge on any atom is -0.465 e. The van der Waals surface area contributed by atoms with Gasteiger partial charge in [-0.25, -0.2) is 4.79 Å². The van der Waals surface area contributed by atoms with Crippen LogP contribution in [-0.2, 0) is 9.53 Å². The molecule has 0 aliphatic heterocycles. The van der Waals surface area contributed by atoms with Crippen LogP contribution in [0.3, 0.4) is 0 Å². The van der Waals surface area contributed by atoms with Gasteiger partial charge in [0.05, 0.1) is 17.7 Å². The highest BCUT2D eigenvalue weighted by molar-refractivity contribution is 6.33. The van der Waals surface area contributed by atoms with Gasteiger partial charge in [0.2, 0.25) is 5.91 Å². The number of methoxy groups -OCH3 is 1. The standard InChI is InChI=1S/C11H12ClNO5/c1-18-11(17)6-4-5(2-3-7(6)12)8(14)9(15)10(13)16/h2-4,8-9,14-15H,1H3,(H2,13,16). The summed E-state index contributed by atoms with van der Waals surface area (Å²) in [6, 6.07) is 3.94. The molecule has 0 aliphatic rings. The van der Waals surface area contributed by atoms with Gasteiger partial charge < -0.3 is 20.7 Å². The van der Waals surface area contributed by atoms with E-state index in [1.807, 2.05) is 0 Å². The summed E-state index contributed by atoms with van der Waals surface area (Å²) in [5, 5.41) is 19.1. The van der Waals surface area contributed by atoms with Crippen molar-refractivity contribution in [1.82, 2.24) is 0 Å². The zero-order valence-corrected chi connectivity index (χ0v) is 10.2. The second kappa shape index (κ2) is 5.81. The van der Waals surface area contributed by atoms with Crippen molar-refractivity contribution in [2.45, 2.75) is 12.2 Å². The van der Waals surface area contributed by atoms with Gasteiger partial charge in [0.1, 0.15) is 6.10 Å². The summed E-state index contributed by atoms with van der Waals surface area (Å²) < 4.78 is 4.50. The van der Waals surface area contributed by atoms with Crippen LogP contribution in [0.1, 0.15) is 22.0 Å². The van der Waals surface area contributed by atoms with Crippen molar-refractivity contribution in [2.75, 3.05) is 7.11 Å². The minimum absolute atomic E-state index is 0.0207. The van der Waals surface area contributed by atoms with Crippen molar-refractivity contribution >= 4 is 23.5 Å². The molecule has 0 bridgehead atoms. The summed E-state index contributed by atoms with van der Waals surface area (Å²) in [6.45, 7) is 0. The molecule has 1 aromatic carbocycles. The largest absolute Gasteiger partial charge is 0.465 e. The van der Waals surface area contributed by atoms with E-state index in [2.05, 4.69) is 4.74 Å². The highest BCUT2D eigenvalue weighted by Crippen LogP contribution is 2.24. The molecule has 0 saturated heterocycles. The van der Waals surface area contributed by atoms with Crippen molar-refractivity contribution in [3.8, 4) is 0 Å². The zero-order chi connectivity index (χ0) is 13.9. The van der Waals surface area contributed by atoms with Gasteiger partial charge in [0.15, 0.2) is 6.10 Å². The number of nitrogens with two attached hydrogens (primary N) is 1. The Bertz CT molecular complexity index is 477. The van der Waals surface area contributed by atoms with Gasteiger partial charge in [-0.15, -0.1) is 0 Å². The average molecular weight is 274 g/mol. The Morgan fingerprint density at radius 2 is 2.00 bits per heavy atom. The smallest absolute Gasteiger partial charge is 0.339 e. The Kier molecular flexibility index (Phi) is 4.66. The van der Waals surface area contributed by atoms with E-state index in [0.717, 1.165) is 0 Å². The van der Waals surface area contributed by atoms with Crippen LogP contribution in [0.5, 0.6) is 0 Å². The Morgan fingerprint density at radius 1 is 1.39 bits per heavy atom. The highest BCUT2D eigenvalue weighted by Gasteiger charge is 2.24. The molecule has 0 radical (unpaired) electrons. The Morgan fingerprint density at radius 3 is 2.50 bits per heavy atom. The van der Waals surface area contributed by atoms with Gasteiger partial charge in [-0.1, -0.05) is 17.7 Å². The molecule has 7 heteroatoms. The zero-order valence-electron chi connectivity index (χ0n) is 9.46. The maximum atomic E-state index is 11.4. The number of amides is 1. The van der Waals surface area contributed by atoms with Crippen molar-refractivity contribution in [1.29, 1.82) is 0 Å². The third-order valence-corrected chi connectivity index (χ3v) is 2.66. The number of rotatable bonds is 4. The van der Waals surface area contributed by atoms with Crippen molar-refractivity contribution in [3.63, 3.8) is 0 Å². The normalized spacial score (nSPS) is 13.8. The van der Waals surface area contributed by atoms with Crippen LogP contribution in [0.4, 0.5) is 0 Å². The van der Waals surface area contributed by atoms with Gasteiger partial charge in [-0.3, -0.25) is 4.79 Å². The Hall–Kier alpha value is -1.63. The van der Waals surface area contributed by atoms with E-state index < -0.39 is 24.1 Å². The predicted octanol–water partition coefficient (Wildman–Crippen LogP) is 0.00620. The maximum absolute atomic E-state index is 11.4. The summed E-state index contributed by atoms with van der Waals surface area (Å²) >= 11 is 5.78. The molecular weight excluding hydrogens is 262 g/mol. The van der Waals surface area contributed by atoms with E-state index in [4.69, 9.17) is 17.3 Å². The van der Waals surface area contributed by atoms with Crippen LogP contribution in [0.25, 0.3) is 0 Å². The molecule has 1 rings (SSSR count). The van der Waals surface area contributed by atoms with Crippen LogP contribution < -0.4 is 5.73 Å². The van der Waals surface area contributed by atoms with Crippen LogP contribution >= 0.6 is 11.6 Å². The molecule has 0 spiro atoms. The molecular formula is C11H12ClNO5. The van der Waals surface area contributed by atoms with Crippen molar-refractivity contribution in [2.24, 2.45) is 5.73 Å². The fourth-order valence-corrected chi connectivity index (χ4v) is 1.53. The number of halogens is 1. The van der Waals surface area contributed by atoms with Crippen LogP contribution in [0, 0.1) is 0 Å². The monoisotopic (exact) mass is 273 g/mol. The Balaban J connectivity index is 3.12. The lowest BCUT2D eigenvalue weighted by atomic mass is 10.0. The van der Waals surface area contributed by atoms with Crippen LogP contribution in [0.2, 0.25) is 5.02 Å². The number of carbonyl (C=O) groups is 2. The SMILES string of the molecule is COC(=O)c1cc(C(O)C(O)C(N)=O)ccc1Cl. The predicted molar refractivity (Wildman–Crippen MR) is 63.0 cm³/mol. The van der Waals surface area contributed by atoms with Crippen molar-refractivity contribution in [3.05, 3.63) is 34.3 Å². The lowest BCUT2D eigenvalue weighted by molar-refractivity contribution is -0.131. The summed E-state index contributed by atoms with van der Waals surface area (Å²) in [5.41, 5.74) is 5.01. The number of hydrogen-bond donors (Lipinski definition) is 3. The molecule has 4 N–H and O–H groups in total. The third kappa shape index (κ3) is 2.98. The number of benzene rings is 1. The first-order valence-corrected chi connectivity index (χ1v) is 5.29. The Labute approximate surface area is 108 Å². The highest BCUT2D eigenvalue weighted by atomic mass is 35.5. The van der Waals surface area contributed by atoms with Gasteiger partial charge in [0.25, 0.3) is 0 Å². The molecule has 1 amide bonds. The van der Waals surface area contributed by atoms with Gasteiger partial charge >= 0.3 is 5.97 Å². The lowest BCUT2D eigenvalue weighted by Gasteiger charge is -2.16. The molecule has 18 heavy (non-hydrogen) atoms. The maximum Gasteiger partial charge on any atom is 0.339 e. The molecule has 0 heterocycles. The molecule has 0 aromatic heterocycles.